The van der Waals surface area contributed by atoms with E-state index in [0.717, 1.165) is 5.69 Å². The molecular formula is C17H23ClN4O5S. The highest BCUT2D eigenvalue weighted by atomic mass is 35.5. The molecule has 0 saturated heterocycles. The predicted molar refractivity (Wildman–Crippen MR) is 109 cm³/mol. The largest absolute Gasteiger partial charge is 0.494 e. The summed E-state index contributed by atoms with van der Waals surface area (Å²) in [5.41, 5.74) is 1.70. The second-order valence-corrected chi connectivity index (χ2v) is 7.09. The average Bonchev–Trinajstić information content (AvgIpc) is 2.65. The highest BCUT2D eigenvalue weighted by Gasteiger charge is 2.10. The van der Waals surface area contributed by atoms with Crippen molar-refractivity contribution in [2.75, 3.05) is 38.3 Å². The third-order valence-corrected chi connectivity index (χ3v) is 4.64. The van der Waals surface area contributed by atoms with Crippen LogP contribution in [0.4, 0.5) is 17.1 Å². The summed E-state index contributed by atoms with van der Waals surface area (Å²) < 4.78 is 27.9. The van der Waals surface area contributed by atoms with Gasteiger partial charge < -0.3 is 19.8 Å². The van der Waals surface area contributed by atoms with Gasteiger partial charge in [0.15, 0.2) is 0 Å². The number of halogens is 1. The Bertz CT molecular complexity index is 885. The number of benzene rings is 2. The standard InChI is InChI=1S/C17H22N4O5S.ClH/c1-26-17-12-14(21(8-10-22)9-11-23)4-7-16(17)20-19-13-2-5-15(6-3-13)27(18,24)25;/h2-7,12,22-23H,8-11H2,1H3,(H2,18,24,25);1H. The molecule has 0 aliphatic heterocycles. The SMILES string of the molecule is COc1cc(N(CCO)CCO)ccc1N=Nc1ccc(S(N)(=O)=O)cc1.Cl. The van der Waals surface area contributed by atoms with Crippen LogP contribution in [0.5, 0.6) is 5.75 Å². The Hall–Kier alpha value is -2.24. The number of nitrogens with zero attached hydrogens (tertiary/aromatic N) is 3. The number of hydrogen-bond donors (Lipinski definition) is 3. The van der Waals surface area contributed by atoms with Crippen molar-refractivity contribution in [1.82, 2.24) is 0 Å². The van der Waals surface area contributed by atoms with Gasteiger partial charge in [-0.15, -0.1) is 17.5 Å². The molecule has 154 valence electrons. The normalized spacial score (nSPS) is 11.3. The second-order valence-electron chi connectivity index (χ2n) is 5.53. The Morgan fingerprint density at radius 3 is 2.14 bits per heavy atom. The molecule has 0 heterocycles. The van der Waals surface area contributed by atoms with E-state index in [1.807, 2.05) is 4.90 Å². The quantitative estimate of drug-likeness (QED) is 0.520. The van der Waals surface area contributed by atoms with E-state index in [4.69, 9.17) is 20.1 Å². The summed E-state index contributed by atoms with van der Waals surface area (Å²) in [6, 6.07) is 10.9. The fraction of sp³-hybridized carbons (Fsp3) is 0.294. The highest BCUT2D eigenvalue weighted by Crippen LogP contribution is 2.33. The summed E-state index contributed by atoms with van der Waals surface area (Å²) in [7, 11) is -2.25. The summed E-state index contributed by atoms with van der Waals surface area (Å²) in [5.74, 6) is 0.471. The number of nitrogens with two attached hydrogens (primary N) is 1. The van der Waals surface area contributed by atoms with E-state index < -0.39 is 10.0 Å². The third kappa shape index (κ3) is 6.43. The van der Waals surface area contributed by atoms with E-state index in [9.17, 15) is 8.42 Å². The number of rotatable bonds is 9. The molecule has 0 unspecified atom stereocenters. The minimum Gasteiger partial charge on any atom is -0.494 e. The van der Waals surface area contributed by atoms with Gasteiger partial charge in [0.05, 0.1) is 30.9 Å². The average molecular weight is 431 g/mol. The number of methoxy groups -OCH3 is 1. The molecule has 0 atom stereocenters. The summed E-state index contributed by atoms with van der Waals surface area (Å²) in [5, 5.41) is 31.6. The minimum atomic E-state index is -3.75. The first-order valence-corrected chi connectivity index (χ1v) is 9.63. The second kappa shape index (κ2) is 10.9. The molecule has 0 aliphatic rings. The van der Waals surface area contributed by atoms with Crippen LogP contribution in [0.1, 0.15) is 0 Å². The van der Waals surface area contributed by atoms with Crippen LogP contribution in [-0.2, 0) is 10.0 Å². The molecule has 11 heteroatoms. The van der Waals surface area contributed by atoms with Crippen LogP contribution < -0.4 is 14.8 Å². The lowest BCUT2D eigenvalue weighted by atomic mass is 10.2. The van der Waals surface area contributed by atoms with Crippen LogP contribution in [0.2, 0.25) is 0 Å². The molecule has 0 bridgehead atoms. The van der Waals surface area contributed by atoms with E-state index >= 15 is 0 Å². The van der Waals surface area contributed by atoms with E-state index in [-0.39, 0.29) is 30.5 Å². The topological polar surface area (TPSA) is 138 Å². The van der Waals surface area contributed by atoms with Gasteiger partial charge in [0.1, 0.15) is 11.4 Å². The van der Waals surface area contributed by atoms with Gasteiger partial charge in [-0.2, -0.15) is 5.11 Å². The summed E-state index contributed by atoms with van der Waals surface area (Å²) >= 11 is 0. The molecule has 9 nitrogen and oxygen atoms in total. The van der Waals surface area contributed by atoms with E-state index in [1.54, 1.807) is 18.2 Å². The molecule has 0 saturated carbocycles. The van der Waals surface area contributed by atoms with Crippen molar-refractivity contribution >= 4 is 39.5 Å². The number of sulfonamides is 1. The van der Waals surface area contributed by atoms with Gasteiger partial charge in [-0.05, 0) is 36.4 Å². The Labute approximate surface area is 169 Å². The van der Waals surface area contributed by atoms with Crippen molar-refractivity contribution in [3.8, 4) is 5.75 Å². The van der Waals surface area contributed by atoms with Crippen LogP contribution in [-0.4, -0.2) is 52.0 Å². The van der Waals surface area contributed by atoms with Gasteiger partial charge in [-0.1, -0.05) is 0 Å². The predicted octanol–water partition coefficient (Wildman–Crippen LogP) is 1.97. The van der Waals surface area contributed by atoms with Gasteiger partial charge in [-0.25, -0.2) is 13.6 Å². The lowest BCUT2D eigenvalue weighted by molar-refractivity contribution is 0.281. The smallest absolute Gasteiger partial charge is 0.238 e. The maximum absolute atomic E-state index is 11.3. The molecule has 0 amide bonds. The van der Waals surface area contributed by atoms with Gasteiger partial charge >= 0.3 is 0 Å². The van der Waals surface area contributed by atoms with Crippen molar-refractivity contribution in [3.63, 3.8) is 0 Å². The highest BCUT2D eigenvalue weighted by molar-refractivity contribution is 7.89. The van der Waals surface area contributed by atoms with E-state index in [0.29, 0.717) is 30.2 Å². The van der Waals surface area contributed by atoms with Crippen molar-refractivity contribution in [1.29, 1.82) is 0 Å². The first kappa shape index (κ1) is 23.8. The van der Waals surface area contributed by atoms with E-state index in [2.05, 4.69) is 10.2 Å². The summed E-state index contributed by atoms with van der Waals surface area (Å²) in [6.45, 7) is 0.665. The number of hydrogen-bond acceptors (Lipinski definition) is 8. The van der Waals surface area contributed by atoms with Crippen molar-refractivity contribution in [3.05, 3.63) is 42.5 Å². The summed E-state index contributed by atoms with van der Waals surface area (Å²) in [6.07, 6.45) is 0. The lowest BCUT2D eigenvalue weighted by Crippen LogP contribution is -2.29. The Balaban J connectivity index is 0.00000392. The molecule has 2 rings (SSSR count). The molecule has 0 spiro atoms. The van der Waals surface area contributed by atoms with Gasteiger partial charge in [0, 0.05) is 24.8 Å². The molecule has 0 aliphatic carbocycles. The van der Waals surface area contributed by atoms with E-state index in [1.165, 1.54) is 31.4 Å². The molecule has 0 aromatic heterocycles. The molecule has 4 N–H and O–H groups in total. The number of ether oxygens (including phenoxy) is 1. The maximum atomic E-state index is 11.3. The number of aliphatic hydroxyl groups excluding tert-OH is 2. The Morgan fingerprint density at radius 2 is 1.64 bits per heavy atom. The minimum absolute atomic E-state index is 0. The molecule has 2 aromatic rings. The number of anilines is 1. The fourth-order valence-electron chi connectivity index (χ4n) is 2.37. The van der Waals surface area contributed by atoms with Crippen LogP contribution in [0.15, 0.2) is 57.6 Å². The molecule has 0 radical (unpaired) electrons. The van der Waals surface area contributed by atoms with Gasteiger partial charge in [0.25, 0.3) is 0 Å². The van der Waals surface area contributed by atoms with Crippen LogP contribution >= 0.6 is 12.4 Å². The zero-order chi connectivity index (χ0) is 19.9. The van der Waals surface area contributed by atoms with Crippen LogP contribution in [0, 0.1) is 0 Å². The Morgan fingerprint density at radius 1 is 1.04 bits per heavy atom. The van der Waals surface area contributed by atoms with Gasteiger partial charge in [-0.3, -0.25) is 0 Å². The number of aliphatic hydroxyl groups is 2. The maximum Gasteiger partial charge on any atom is 0.238 e. The number of primary sulfonamides is 1. The molecular weight excluding hydrogens is 408 g/mol. The monoisotopic (exact) mass is 430 g/mol. The first-order valence-electron chi connectivity index (χ1n) is 8.08. The van der Waals surface area contributed by atoms with Gasteiger partial charge in [0.2, 0.25) is 10.0 Å². The number of azo groups is 1. The van der Waals surface area contributed by atoms with Crippen molar-refractivity contribution in [2.24, 2.45) is 15.4 Å². The summed E-state index contributed by atoms with van der Waals surface area (Å²) in [4.78, 5) is 1.81. The zero-order valence-electron chi connectivity index (χ0n) is 15.2. The molecule has 0 fully saturated rings. The first-order chi connectivity index (χ1) is 12.9. The zero-order valence-corrected chi connectivity index (χ0v) is 16.9. The fourth-order valence-corrected chi connectivity index (χ4v) is 2.89. The molecule has 2 aromatic carbocycles. The molecule has 28 heavy (non-hydrogen) atoms. The third-order valence-electron chi connectivity index (χ3n) is 3.71. The Kier molecular flexibility index (Phi) is 9.29. The van der Waals surface area contributed by atoms with Crippen LogP contribution in [0.3, 0.4) is 0 Å². The van der Waals surface area contributed by atoms with Crippen LogP contribution in [0.25, 0.3) is 0 Å². The lowest BCUT2D eigenvalue weighted by Gasteiger charge is -2.23. The van der Waals surface area contributed by atoms with Crippen molar-refractivity contribution < 1.29 is 23.4 Å². The van der Waals surface area contributed by atoms with Crippen molar-refractivity contribution in [2.45, 2.75) is 4.90 Å².